The minimum Gasteiger partial charge on any atom is -0.294 e. The summed E-state index contributed by atoms with van der Waals surface area (Å²) in [5, 5.41) is 1.83. The molecule has 2 heterocycles. The average molecular weight is 313 g/mol. The monoisotopic (exact) mass is 313 g/mol. The van der Waals surface area contributed by atoms with Gasteiger partial charge < -0.3 is 0 Å². The van der Waals surface area contributed by atoms with Crippen LogP contribution < -0.4 is 5.56 Å². The molecule has 0 amide bonds. The van der Waals surface area contributed by atoms with Gasteiger partial charge in [0.2, 0.25) is 0 Å². The van der Waals surface area contributed by atoms with Crippen LogP contribution in [0.4, 0.5) is 0 Å². The summed E-state index contributed by atoms with van der Waals surface area (Å²) >= 11 is 0. The maximum Gasteiger partial charge on any atom is 0.259 e. The topological polar surface area (TPSA) is 38.5 Å². The molecule has 2 aromatic heterocycles. The van der Waals surface area contributed by atoms with Crippen molar-refractivity contribution in [2.75, 3.05) is 0 Å². The Kier molecular flexibility index (Phi) is 3.47. The summed E-state index contributed by atoms with van der Waals surface area (Å²) < 4.78 is 1.62. The number of hydrogen-bond acceptors (Lipinski definition) is 2. The number of benzene rings is 2. The number of ketones is 1. The van der Waals surface area contributed by atoms with Crippen LogP contribution in [0.25, 0.3) is 16.3 Å². The summed E-state index contributed by atoms with van der Waals surface area (Å²) in [6, 6.07) is 22.5. The van der Waals surface area contributed by atoms with E-state index in [4.69, 9.17) is 0 Å². The van der Waals surface area contributed by atoms with Crippen molar-refractivity contribution in [3.05, 3.63) is 100 Å². The van der Waals surface area contributed by atoms with Crippen LogP contribution in [-0.2, 0) is 6.42 Å². The molecule has 0 spiro atoms. The molecule has 0 radical (unpaired) electrons. The van der Waals surface area contributed by atoms with Crippen molar-refractivity contribution in [1.82, 2.24) is 4.40 Å². The van der Waals surface area contributed by atoms with Gasteiger partial charge in [0.05, 0.1) is 5.52 Å². The Bertz CT molecular complexity index is 1110. The summed E-state index contributed by atoms with van der Waals surface area (Å²) in [5.41, 5.74) is 1.89. The molecule has 0 bridgehead atoms. The second-order valence-electron chi connectivity index (χ2n) is 5.75. The normalized spacial score (nSPS) is 11.0. The summed E-state index contributed by atoms with van der Waals surface area (Å²) in [5.74, 6) is -0.0475. The van der Waals surface area contributed by atoms with E-state index in [1.165, 1.54) is 0 Å². The van der Waals surface area contributed by atoms with E-state index in [0.29, 0.717) is 11.1 Å². The molecule has 4 aromatic rings. The van der Waals surface area contributed by atoms with Crippen molar-refractivity contribution >= 4 is 22.1 Å². The first-order valence-electron chi connectivity index (χ1n) is 7.85. The Morgan fingerprint density at radius 1 is 0.792 bits per heavy atom. The number of hydrogen-bond donors (Lipinski definition) is 0. The quantitative estimate of drug-likeness (QED) is 0.425. The second kappa shape index (κ2) is 5.78. The number of fused-ring (bicyclic) bond motifs is 3. The van der Waals surface area contributed by atoms with Gasteiger partial charge in [0.15, 0.2) is 5.78 Å². The first-order valence-corrected chi connectivity index (χ1v) is 7.85. The van der Waals surface area contributed by atoms with Crippen LogP contribution in [0.5, 0.6) is 0 Å². The van der Waals surface area contributed by atoms with E-state index < -0.39 is 0 Å². The van der Waals surface area contributed by atoms with Gasteiger partial charge >= 0.3 is 0 Å². The predicted octanol–water partition coefficient (Wildman–Crippen LogP) is 3.88. The fourth-order valence-corrected chi connectivity index (χ4v) is 3.13. The lowest BCUT2D eigenvalue weighted by atomic mass is 9.98. The second-order valence-corrected chi connectivity index (χ2v) is 5.75. The number of pyridine rings is 2. The highest BCUT2D eigenvalue weighted by Gasteiger charge is 2.15. The van der Waals surface area contributed by atoms with Gasteiger partial charge in [-0.05, 0) is 17.5 Å². The van der Waals surface area contributed by atoms with Gasteiger partial charge in [-0.1, -0.05) is 60.7 Å². The smallest absolute Gasteiger partial charge is 0.259 e. The highest BCUT2D eigenvalue weighted by Crippen LogP contribution is 2.22. The zero-order valence-corrected chi connectivity index (χ0v) is 13.0. The van der Waals surface area contributed by atoms with Crippen LogP contribution in [0.3, 0.4) is 0 Å². The Labute approximate surface area is 138 Å². The van der Waals surface area contributed by atoms with E-state index >= 15 is 0 Å². The molecule has 0 atom stereocenters. The minimum absolute atomic E-state index is 0.0475. The minimum atomic E-state index is -0.131. The maximum atomic E-state index is 12.9. The van der Waals surface area contributed by atoms with E-state index in [2.05, 4.69) is 0 Å². The third-order valence-electron chi connectivity index (χ3n) is 4.30. The molecule has 0 aliphatic heterocycles. The molecule has 0 saturated heterocycles. The third-order valence-corrected chi connectivity index (χ3v) is 4.30. The molecule has 0 fully saturated rings. The van der Waals surface area contributed by atoms with E-state index in [1.54, 1.807) is 22.7 Å². The lowest BCUT2D eigenvalue weighted by Crippen LogP contribution is -2.21. The molecule has 24 heavy (non-hydrogen) atoms. The van der Waals surface area contributed by atoms with Crippen molar-refractivity contribution in [2.45, 2.75) is 6.42 Å². The van der Waals surface area contributed by atoms with Crippen molar-refractivity contribution in [3.63, 3.8) is 0 Å². The lowest BCUT2D eigenvalue weighted by Gasteiger charge is -2.10. The summed E-state index contributed by atoms with van der Waals surface area (Å²) in [4.78, 5) is 25.5. The van der Waals surface area contributed by atoms with E-state index in [9.17, 15) is 9.59 Å². The van der Waals surface area contributed by atoms with Gasteiger partial charge in [0.1, 0.15) is 0 Å². The molecule has 0 aliphatic carbocycles. The third kappa shape index (κ3) is 2.31. The number of carbonyl (C=O) groups is 1. The predicted molar refractivity (Wildman–Crippen MR) is 95.6 cm³/mol. The van der Waals surface area contributed by atoms with Crippen LogP contribution >= 0.6 is 0 Å². The summed E-state index contributed by atoms with van der Waals surface area (Å²) in [6.45, 7) is 0. The van der Waals surface area contributed by atoms with Gasteiger partial charge in [-0.3, -0.25) is 14.0 Å². The van der Waals surface area contributed by atoms with Crippen LogP contribution in [0, 0.1) is 0 Å². The molecule has 3 nitrogen and oxygen atoms in total. The van der Waals surface area contributed by atoms with Crippen molar-refractivity contribution in [3.8, 4) is 0 Å². The molecule has 3 heteroatoms. The standard InChI is InChI=1S/C21H15NO2/c23-20(15-8-2-1-3-9-15)14-18-16-10-4-5-11-17(16)19-12-6-7-13-22(19)21(18)24/h1-13H,14H2. The number of Topliss-reactive ketones (excluding diaryl/α,β-unsaturated/α-hetero) is 1. The molecule has 2 aromatic carbocycles. The summed E-state index contributed by atoms with van der Waals surface area (Å²) in [7, 11) is 0. The highest BCUT2D eigenvalue weighted by molar-refractivity contribution is 6.03. The number of rotatable bonds is 3. The first-order chi connectivity index (χ1) is 11.8. The number of aromatic nitrogens is 1. The SMILES string of the molecule is O=C(Cc1c(=O)n2ccccc2c2ccccc12)c1ccccc1. The first kappa shape index (κ1) is 14.4. The molecular formula is C21H15NO2. The zero-order valence-electron chi connectivity index (χ0n) is 13.0. The van der Waals surface area contributed by atoms with Crippen LogP contribution in [0.1, 0.15) is 15.9 Å². The molecule has 116 valence electrons. The fourth-order valence-electron chi connectivity index (χ4n) is 3.13. The van der Waals surface area contributed by atoms with Crippen LogP contribution in [0.2, 0.25) is 0 Å². The Morgan fingerprint density at radius 2 is 1.46 bits per heavy atom. The summed E-state index contributed by atoms with van der Waals surface area (Å²) in [6.07, 6.45) is 1.85. The van der Waals surface area contributed by atoms with E-state index in [1.807, 2.05) is 60.7 Å². The Balaban J connectivity index is 1.95. The highest BCUT2D eigenvalue weighted by atomic mass is 16.1. The average Bonchev–Trinajstić information content (AvgIpc) is 2.65. The largest absolute Gasteiger partial charge is 0.294 e. The molecule has 4 rings (SSSR count). The molecular weight excluding hydrogens is 298 g/mol. The maximum absolute atomic E-state index is 12.9. The zero-order chi connectivity index (χ0) is 16.5. The van der Waals surface area contributed by atoms with Crippen LogP contribution in [-0.4, -0.2) is 10.2 Å². The van der Waals surface area contributed by atoms with E-state index in [0.717, 1.165) is 16.3 Å². The van der Waals surface area contributed by atoms with Gasteiger partial charge in [-0.15, -0.1) is 0 Å². The molecule has 0 N–H and O–H groups in total. The Morgan fingerprint density at radius 3 is 2.25 bits per heavy atom. The number of nitrogens with zero attached hydrogens (tertiary/aromatic N) is 1. The van der Waals surface area contributed by atoms with Crippen molar-refractivity contribution < 1.29 is 4.79 Å². The molecule has 0 aliphatic rings. The van der Waals surface area contributed by atoms with Crippen LogP contribution in [0.15, 0.2) is 83.8 Å². The fraction of sp³-hybridized carbons (Fsp3) is 0.0476. The lowest BCUT2D eigenvalue weighted by molar-refractivity contribution is 0.0993. The van der Waals surface area contributed by atoms with Crippen molar-refractivity contribution in [2.24, 2.45) is 0 Å². The van der Waals surface area contributed by atoms with Gasteiger partial charge in [0.25, 0.3) is 5.56 Å². The van der Waals surface area contributed by atoms with Gasteiger partial charge in [0, 0.05) is 29.1 Å². The number of carbonyl (C=O) groups excluding carboxylic acids is 1. The Hall–Kier alpha value is -3.20. The molecule has 0 saturated carbocycles. The van der Waals surface area contributed by atoms with Crippen molar-refractivity contribution in [1.29, 1.82) is 0 Å². The van der Waals surface area contributed by atoms with E-state index in [-0.39, 0.29) is 17.8 Å². The van der Waals surface area contributed by atoms with Gasteiger partial charge in [-0.2, -0.15) is 0 Å². The van der Waals surface area contributed by atoms with Gasteiger partial charge in [-0.25, -0.2) is 0 Å². The molecule has 0 unspecified atom stereocenters.